The predicted molar refractivity (Wildman–Crippen MR) is 75.4 cm³/mol. The van der Waals surface area contributed by atoms with Crippen LogP contribution in [0.15, 0.2) is 18.2 Å². The van der Waals surface area contributed by atoms with Gasteiger partial charge in [-0.1, -0.05) is 6.92 Å². The third-order valence-electron chi connectivity index (χ3n) is 2.75. The largest absolute Gasteiger partial charge is 0.491 e. The summed E-state index contributed by atoms with van der Waals surface area (Å²) in [6.45, 7) is 7.17. The van der Waals surface area contributed by atoms with Gasteiger partial charge in [0.1, 0.15) is 5.75 Å². The molecule has 0 radical (unpaired) electrons. The highest BCUT2D eigenvalue weighted by atomic mass is 16.6. The molecule has 0 fully saturated rings. The van der Waals surface area contributed by atoms with Gasteiger partial charge in [0.15, 0.2) is 0 Å². The predicted octanol–water partition coefficient (Wildman–Crippen LogP) is 2.73. The van der Waals surface area contributed by atoms with E-state index in [1.807, 2.05) is 25.7 Å². The molecule has 6 heteroatoms. The second kappa shape index (κ2) is 7.46. The Kier molecular flexibility index (Phi) is 5.94. The number of nitro groups is 1. The molecule has 1 aromatic rings. The summed E-state index contributed by atoms with van der Waals surface area (Å²) in [5, 5.41) is 19.6. The van der Waals surface area contributed by atoms with E-state index in [1.54, 1.807) is 6.07 Å². The lowest BCUT2D eigenvalue weighted by Gasteiger charge is -2.20. The van der Waals surface area contributed by atoms with Gasteiger partial charge in [-0.25, -0.2) is 0 Å². The molecule has 0 saturated heterocycles. The average Bonchev–Trinajstić information content (AvgIpc) is 2.39. The van der Waals surface area contributed by atoms with Crippen molar-refractivity contribution in [3.63, 3.8) is 0 Å². The summed E-state index contributed by atoms with van der Waals surface area (Å²) in [5.41, 5.74) is 0.758. The summed E-state index contributed by atoms with van der Waals surface area (Å²) in [7, 11) is 0. The minimum Gasteiger partial charge on any atom is -0.491 e. The molecular weight excluding hydrogens is 258 g/mol. The molecule has 0 saturated carbocycles. The molecule has 0 atom stereocenters. The van der Waals surface area contributed by atoms with Crippen LogP contribution in [0.25, 0.3) is 0 Å². The van der Waals surface area contributed by atoms with Crippen molar-refractivity contribution in [2.45, 2.75) is 33.4 Å². The van der Waals surface area contributed by atoms with Gasteiger partial charge < -0.3 is 4.74 Å². The fourth-order valence-corrected chi connectivity index (χ4v) is 1.79. The number of ether oxygens (including phenoxy) is 1. The summed E-state index contributed by atoms with van der Waals surface area (Å²) in [5.74, 6) is 0.627. The Morgan fingerprint density at radius 2 is 2.20 bits per heavy atom. The van der Waals surface area contributed by atoms with Crippen LogP contribution in [-0.4, -0.2) is 29.0 Å². The van der Waals surface area contributed by atoms with E-state index in [0.717, 1.165) is 5.56 Å². The smallest absolute Gasteiger partial charge is 0.270 e. The standard InChI is InChI=1S/C14H19N3O3/c1-4-16(8-7-15)10-12-9-13(17(18)19)5-6-14(12)20-11(2)3/h5-6,9,11H,4,8,10H2,1-3H3. The summed E-state index contributed by atoms with van der Waals surface area (Å²) >= 11 is 0. The first-order chi connectivity index (χ1) is 9.47. The molecule has 0 aliphatic carbocycles. The highest BCUT2D eigenvalue weighted by Crippen LogP contribution is 2.26. The molecule has 20 heavy (non-hydrogen) atoms. The number of nitro benzene ring substituents is 1. The van der Waals surface area contributed by atoms with Gasteiger partial charge in [-0.15, -0.1) is 0 Å². The molecule has 0 heterocycles. The zero-order valence-corrected chi connectivity index (χ0v) is 12.0. The number of rotatable bonds is 7. The molecule has 0 aliphatic heterocycles. The highest BCUT2D eigenvalue weighted by Gasteiger charge is 2.15. The maximum atomic E-state index is 10.9. The maximum absolute atomic E-state index is 10.9. The first kappa shape index (κ1) is 15.9. The molecule has 0 amide bonds. The second-order valence-electron chi connectivity index (χ2n) is 4.68. The van der Waals surface area contributed by atoms with Crippen molar-refractivity contribution in [3.05, 3.63) is 33.9 Å². The molecule has 6 nitrogen and oxygen atoms in total. The Bertz CT molecular complexity index is 509. The molecule has 0 N–H and O–H groups in total. The Morgan fingerprint density at radius 3 is 2.70 bits per heavy atom. The third-order valence-corrected chi connectivity index (χ3v) is 2.75. The van der Waals surface area contributed by atoms with E-state index in [2.05, 4.69) is 6.07 Å². The van der Waals surface area contributed by atoms with Gasteiger partial charge in [-0.3, -0.25) is 15.0 Å². The lowest BCUT2D eigenvalue weighted by atomic mass is 10.1. The van der Waals surface area contributed by atoms with E-state index in [9.17, 15) is 10.1 Å². The van der Waals surface area contributed by atoms with E-state index in [0.29, 0.717) is 18.8 Å². The zero-order chi connectivity index (χ0) is 15.1. The summed E-state index contributed by atoms with van der Waals surface area (Å²) < 4.78 is 5.67. The summed E-state index contributed by atoms with van der Waals surface area (Å²) in [4.78, 5) is 12.3. The molecule has 108 valence electrons. The maximum Gasteiger partial charge on any atom is 0.270 e. The molecule has 0 spiro atoms. The van der Waals surface area contributed by atoms with Gasteiger partial charge in [0.05, 0.1) is 23.6 Å². The molecule has 0 aromatic heterocycles. The first-order valence-corrected chi connectivity index (χ1v) is 6.51. The first-order valence-electron chi connectivity index (χ1n) is 6.51. The Balaban J connectivity index is 3.07. The van der Waals surface area contributed by atoms with E-state index < -0.39 is 4.92 Å². The summed E-state index contributed by atoms with van der Waals surface area (Å²) in [6.07, 6.45) is -0.0127. The van der Waals surface area contributed by atoms with Crippen molar-refractivity contribution in [2.75, 3.05) is 13.1 Å². The number of hydrogen-bond acceptors (Lipinski definition) is 5. The monoisotopic (exact) mass is 277 g/mol. The van der Waals surface area contributed by atoms with Gasteiger partial charge in [-0.05, 0) is 26.5 Å². The lowest BCUT2D eigenvalue weighted by Crippen LogP contribution is -2.23. The molecule has 1 rings (SSSR count). The van der Waals surface area contributed by atoms with Crippen LogP contribution in [0.4, 0.5) is 5.69 Å². The minimum atomic E-state index is -0.427. The number of nitrogens with zero attached hydrogens (tertiary/aromatic N) is 3. The van der Waals surface area contributed by atoms with E-state index >= 15 is 0 Å². The van der Waals surface area contributed by atoms with Crippen LogP contribution in [0, 0.1) is 21.4 Å². The fraction of sp³-hybridized carbons (Fsp3) is 0.500. The second-order valence-corrected chi connectivity index (χ2v) is 4.68. The minimum absolute atomic E-state index is 0.0127. The number of hydrogen-bond donors (Lipinski definition) is 0. The highest BCUT2D eigenvalue weighted by molar-refractivity contribution is 5.44. The zero-order valence-electron chi connectivity index (χ0n) is 12.0. The normalized spacial score (nSPS) is 10.6. The van der Waals surface area contributed by atoms with Crippen molar-refractivity contribution in [2.24, 2.45) is 0 Å². The van der Waals surface area contributed by atoms with Gasteiger partial charge in [0, 0.05) is 24.2 Å². The third kappa shape index (κ3) is 4.52. The van der Waals surface area contributed by atoms with Crippen LogP contribution in [0.1, 0.15) is 26.3 Å². The topological polar surface area (TPSA) is 79.4 Å². The lowest BCUT2D eigenvalue weighted by molar-refractivity contribution is -0.385. The van der Waals surface area contributed by atoms with E-state index in [-0.39, 0.29) is 18.3 Å². The Labute approximate surface area is 118 Å². The van der Waals surface area contributed by atoms with Gasteiger partial charge in [-0.2, -0.15) is 5.26 Å². The van der Waals surface area contributed by atoms with Gasteiger partial charge in [0.2, 0.25) is 0 Å². The Hall–Kier alpha value is -2.13. The molecular formula is C14H19N3O3. The van der Waals surface area contributed by atoms with Crippen LogP contribution in [0.3, 0.4) is 0 Å². The number of nitriles is 1. The fourth-order valence-electron chi connectivity index (χ4n) is 1.79. The SMILES string of the molecule is CCN(CC#N)Cc1cc([N+](=O)[O-])ccc1OC(C)C. The van der Waals surface area contributed by atoms with Crippen LogP contribution >= 0.6 is 0 Å². The van der Waals surface area contributed by atoms with Crippen LogP contribution in [-0.2, 0) is 6.54 Å². The molecule has 1 aromatic carbocycles. The van der Waals surface area contributed by atoms with Crippen LogP contribution in [0.2, 0.25) is 0 Å². The number of benzene rings is 1. The summed E-state index contributed by atoms with van der Waals surface area (Å²) in [6, 6.07) is 6.65. The molecule has 0 unspecified atom stereocenters. The van der Waals surface area contributed by atoms with Crippen molar-refractivity contribution in [1.82, 2.24) is 4.90 Å². The quantitative estimate of drug-likeness (QED) is 0.435. The van der Waals surface area contributed by atoms with Crippen molar-refractivity contribution >= 4 is 5.69 Å². The number of non-ortho nitro benzene ring substituents is 1. The van der Waals surface area contributed by atoms with Gasteiger partial charge >= 0.3 is 0 Å². The Morgan fingerprint density at radius 1 is 1.50 bits per heavy atom. The van der Waals surface area contributed by atoms with Gasteiger partial charge in [0.25, 0.3) is 5.69 Å². The van der Waals surface area contributed by atoms with E-state index in [4.69, 9.17) is 10.00 Å². The van der Waals surface area contributed by atoms with Crippen molar-refractivity contribution in [1.29, 1.82) is 5.26 Å². The van der Waals surface area contributed by atoms with Crippen molar-refractivity contribution in [3.8, 4) is 11.8 Å². The van der Waals surface area contributed by atoms with Crippen LogP contribution < -0.4 is 4.74 Å². The van der Waals surface area contributed by atoms with E-state index in [1.165, 1.54) is 12.1 Å². The average molecular weight is 277 g/mol. The van der Waals surface area contributed by atoms with Crippen molar-refractivity contribution < 1.29 is 9.66 Å². The van der Waals surface area contributed by atoms with Crippen LogP contribution in [0.5, 0.6) is 5.75 Å². The molecule has 0 bridgehead atoms. The molecule has 0 aliphatic rings.